The van der Waals surface area contributed by atoms with E-state index in [2.05, 4.69) is 5.32 Å². The van der Waals surface area contributed by atoms with Crippen LogP contribution in [0.5, 0.6) is 0 Å². The van der Waals surface area contributed by atoms with Crippen LogP contribution in [-0.2, 0) is 15.3 Å². The summed E-state index contributed by atoms with van der Waals surface area (Å²) in [6, 6.07) is 15.0. The molecule has 0 aliphatic carbocycles. The normalized spacial score (nSPS) is 16.6. The molecule has 0 saturated carbocycles. The number of fused-ring (bicyclic) bond motifs is 1. The molecule has 1 aliphatic heterocycles. The van der Waals surface area contributed by atoms with Crippen LogP contribution in [0.1, 0.15) is 26.3 Å². The van der Waals surface area contributed by atoms with Gasteiger partial charge >= 0.3 is 0 Å². The number of anilines is 2. The average Bonchev–Trinajstić information content (AvgIpc) is 2.60. The molecule has 0 unspecified atom stereocenters. The van der Waals surface area contributed by atoms with Crippen molar-refractivity contribution in [3.05, 3.63) is 59.1 Å². The topological polar surface area (TPSA) is 49.4 Å². The van der Waals surface area contributed by atoms with Crippen LogP contribution < -0.4 is 10.2 Å². The van der Waals surface area contributed by atoms with Crippen molar-refractivity contribution in [3.8, 4) is 0 Å². The summed E-state index contributed by atoms with van der Waals surface area (Å²) < 4.78 is 0. The molecule has 26 heavy (non-hydrogen) atoms. The summed E-state index contributed by atoms with van der Waals surface area (Å²) in [6.45, 7) is 5.41. The van der Waals surface area contributed by atoms with E-state index in [1.807, 2.05) is 55.5 Å². The second-order valence-corrected chi connectivity index (χ2v) is 8.55. The second-order valence-electron chi connectivity index (χ2n) is 6.79. The van der Waals surface area contributed by atoms with Gasteiger partial charge in [-0.1, -0.05) is 35.9 Å². The van der Waals surface area contributed by atoms with Crippen molar-refractivity contribution in [2.75, 3.05) is 10.2 Å². The number of carbonyl (C=O) groups excluding carboxylic acids is 2. The third-order valence-electron chi connectivity index (χ3n) is 4.47. The van der Waals surface area contributed by atoms with Crippen LogP contribution in [0, 0.1) is 0 Å². The Hall–Kier alpha value is -1.98. The Balaban J connectivity index is 1.82. The molecule has 2 aromatic rings. The predicted octanol–water partition coefficient (Wildman–Crippen LogP) is 4.73. The van der Waals surface area contributed by atoms with Gasteiger partial charge in [0.25, 0.3) is 0 Å². The summed E-state index contributed by atoms with van der Waals surface area (Å²) in [5.74, 6) is 0.413. The molecule has 136 valence electrons. The number of thioether (sulfide) groups is 1. The molecular weight excluding hydrogens is 368 g/mol. The zero-order valence-electron chi connectivity index (χ0n) is 15.0. The minimum Gasteiger partial charge on any atom is -0.322 e. The molecule has 0 radical (unpaired) electrons. The summed E-state index contributed by atoms with van der Waals surface area (Å²) in [4.78, 5) is 27.3. The lowest BCUT2D eigenvalue weighted by Crippen LogP contribution is -2.60. The highest BCUT2D eigenvalue weighted by Crippen LogP contribution is 2.38. The highest BCUT2D eigenvalue weighted by molar-refractivity contribution is 7.99. The van der Waals surface area contributed by atoms with Crippen LogP contribution in [0.3, 0.4) is 0 Å². The van der Waals surface area contributed by atoms with Gasteiger partial charge in [0.1, 0.15) is 5.54 Å². The van der Waals surface area contributed by atoms with E-state index in [0.29, 0.717) is 16.5 Å². The lowest BCUT2D eigenvalue weighted by molar-refractivity contribution is -0.126. The van der Waals surface area contributed by atoms with Crippen LogP contribution >= 0.6 is 23.4 Å². The van der Waals surface area contributed by atoms with Crippen LogP contribution in [-0.4, -0.2) is 22.6 Å². The minimum absolute atomic E-state index is 0.0793. The number of benzene rings is 2. The quantitative estimate of drug-likeness (QED) is 0.823. The van der Waals surface area contributed by atoms with E-state index >= 15 is 0 Å². The van der Waals surface area contributed by atoms with E-state index in [0.717, 1.165) is 11.3 Å². The molecule has 1 aliphatic rings. The van der Waals surface area contributed by atoms with Crippen LogP contribution in [0.2, 0.25) is 5.02 Å². The highest BCUT2D eigenvalue weighted by Gasteiger charge is 2.44. The largest absolute Gasteiger partial charge is 0.322 e. The Morgan fingerprint density at radius 2 is 1.96 bits per heavy atom. The zero-order valence-corrected chi connectivity index (χ0v) is 16.5. The Kier molecular flexibility index (Phi) is 5.30. The fourth-order valence-corrected chi connectivity index (χ4v) is 4.03. The van der Waals surface area contributed by atoms with Gasteiger partial charge in [-0.15, -0.1) is 11.8 Å². The molecule has 0 spiro atoms. The maximum absolute atomic E-state index is 13.2. The first kappa shape index (κ1) is 18.8. The van der Waals surface area contributed by atoms with Gasteiger partial charge in [-0.2, -0.15) is 0 Å². The van der Waals surface area contributed by atoms with E-state index in [4.69, 9.17) is 11.6 Å². The predicted molar refractivity (Wildman–Crippen MR) is 109 cm³/mol. The number of hydrogen-bond acceptors (Lipinski definition) is 3. The van der Waals surface area contributed by atoms with Gasteiger partial charge < -0.3 is 5.32 Å². The number of hydrogen-bond donors (Lipinski definition) is 1. The molecular formula is C20H21ClN2O2S. The molecule has 1 N–H and O–H groups in total. The molecule has 3 rings (SSSR count). The number of nitrogens with zero attached hydrogens (tertiary/aromatic N) is 1. The Morgan fingerprint density at radius 3 is 2.69 bits per heavy atom. The van der Waals surface area contributed by atoms with Crippen molar-refractivity contribution in [1.82, 2.24) is 0 Å². The number of para-hydroxylation sites is 2. The fraction of sp³-hybridized carbons (Fsp3) is 0.300. The maximum Gasteiger partial charge on any atom is 0.250 e. The summed E-state index contributed by atoms with van der Waals surface area (Å²) in [5.41, 5.74) is 1.52. The van der Waals surface area contributed by atoms with Crippen molar-refractivity contribution in [2.24, 2.45) is 0 Å². The molecule has 0 bridgehead atoms. The molecule has 2 amide bonds. The second kappa shape index (κ2) is 7.33. The SMILES string of the molecule is C[C@@H](SCc1cccc(Cl)c1)C(=O)N1c2ccccc2NC(=O)C1(C)C. The van der Waals surface area contributed by atoms with Gasteiger partial charge in [0.2, 0.25) is 11.8 Å². The number of amides is 2. The molecule has 6 heteroatoms. The first-order valence-electron chi connectivity index (χ1n) is 8.41. The van der Waals surface area contributed by atoms with Gasteiger partial charge in [0.15, 0.2) is 0 Å². The Bertz CT molecular complexity index is 853. The summed E-state index contributed by atoms with van der Waals surface area (Å²) in [6.07, 6.45) is 0. The average molecular weight is 389 g/mol. The van der Waals surface area contributed by atoms with Crippen LogP contribution in [0.15, 0.2) is 48.5 Å². The molecule has 0 fully saturated rings. The van der Waals surface area contributed by atoms with Crippen molar-refractivity contribution < 1.29 is 9.59 Å². The molecule has 4 nitrogen and oxygen atoms in total. The number of carbonyl (C=O) groups is 2. The lowest BCUT2D eigenvalue weighted by atomic mass is 9.96. The maximum atomic E-state index is 13.2. The fourth-order valence-electron chi connectivity index (χ4n) is 2.95. The lowest BCUT2D eigenvalue weighted by Gasteiger charge is -2.43. The molecule has 1 atom stereocenters. The Labute approximate surface area is 162 Å². The van der Waals surface area contributed by atoms with E-state index in [1.54, 1.807) is 18.7 Å². The molecule has 0 saturated heterocycles. The van der Waals surface area contributed by atoms with E-state index < -0.39 is 5.54 Å². The minimum atomic E-state index is -0.948. The van der Waals surface area contributed by atoms with E-state index in [1.165, 1.54) is 11.8 Å². The van der Waals surface area contributed by atoms with E-state index in [9.17, 15) is 9.59 Å². The monoisotopic (exact) mass is 388 g/mol. The van der Waals surface area contributed by atoms with Crippen molar-refractivity contribution in [1.29, 1.82) is 0 Å². The number of halogens is 1. The summed E-state index contributed by atoms with van der Waals surface area (Å²) >= 11 is 7.56. The first-order valence-corrected chi connectivity index (χ1v) is 9.84. The van der Waals surface area contributed by atoms with Gasteiger partial charge in [-0.25, -0.2) is 0 Å². The molecule has 0 aromatic heterocycles. The number of nitrogens with one attached hydrogen (secondary N) is 1. The van der Waals surface area contributed by atoms with Crippen molar-refractivity contribution in [3.63, 3.8) is 0 Å². The van der Waals surface area contributed by atoms with E-state index in [-0.39, 0.29) is 17.1 Å². The number of rotatable bonds is 4. The molecule has 1 heterocycles. The highest BCUT2D eigenvalue weighted by atomic mass is 35.5. The van der Waals surface area contributed by atoms with Gasteiger partial charge in [-0.05, 0) is 50.6 Å². The first-order chi connectivity index (χ1) is 12.3. The van der Waals surface area contributed by atoms with Gasteiger partial charge in [0.05, 0.1) is 16.6 Å². The van der Waals surface area contributed by atoms with Crippen molar-refractivity contribution >= 4 is 46.6 Å². The molecule has 2 aromatic carbocycles. The summed E-state index contributed by atoms with van der Waals surface area (Å²) in [5, 5.41) is 3.27. The third kappa shape index (κ3) is 3.60. The Morgan fingerprint density at radius 1 is 1.23 bits per heavy atom. The smallest absolute Gasteiger partial charge is 0.250 e. The van der Waals surface area contributed by atoms with Crippen LogP contribution in [0.25, 0.3) is 0 Å². The van der Waals surface area contributed by atoms with Crippen molar-refractivity contribution in [2.45, 2.75) is 37.3 Å². The third-order valence-corrected chi connectivity index (χ3v) is 5.90. The van der Waals surface area contributed by atoms with Gasteiger partial charge in [0, 0.05) is 10.8 Å². The zero-order chi connectivity index (χ0) is 18.9. The summed E-state index contributed by atoms with van der Waals surface area (Å²) in [7, 11) is 0. The standard InChI is InChI=1S/C20H21ClN2O2S/c1-13(26-12-14-7-6-8-15(21)11-14)18(24)23-17-10-5-4-9-16(17)22-19(25)20(23,2)3/h4-11,13H,12H2,1-3H3,(H,22,25)/t13-/m1/s1. The van der Waals surface area contributed by atoms with Gasteiger partial charge in [-0.3, -0.25) is 14.5 Å². The van der Waals surface area contributed by atoms with Crippen LogP contribution in [0.4, 0.5) is 11.4 Å².